The van der Waals surface area contributed by atoms with Gasteiger partial charge in [-0.2, -0.15) is 0 Å². The molecule has 3 heteroatoms. The first kappa shape index (κ1) is 11.7. The summed E-state index contributed by atoms with van der Waals surface area (Å²) in [6.45, 7) is 3.64. The van der Waals surface area contributed by atoms with Crippen LogP contribution in [-0.2, 0) is 0 Å². The summed E-state index contributed by atoms with van der Waals surface area (Å²) in [6.07, 6.45) is 0. The Hall–Kier alpha value is -1.77. The van der Waals surface area contributed by atoms with Gasteiger partial charge in [-0.1, -0.05) is 18.2 Å². The normalized spacial score (nSPS) is 10.6. The first-order chi connectivity index (χ1) is 8.00. The lowest BCUT2D eigenvalue weighted by Gasteiger charge is -2.10. The second-order valence-electron chi connectivity index (χ2n) is 3.99. The maximum atomic E-state index is 13.6. The molecule has 0 spiro atoms. The highest BCUT2D eigenvalue weighted by Crippen LogP contribution is 2.30. The highest BCUT2D eigenvalue weighted by atomic mass is 19.1. The van der Waals surface area contributed by atoms with E-state index in [-0.39, 0.29) is 5.56 Å². The van der Waals surface area contributed by atoms with Gasteiger partial charge in [-0.05, 0) is 30.5 Å². The maximum Gasteiger partial charge on any atom is 0.136 e. The summed E-state index contributed by atoms with van der Waals surface area (Å²) < 4.78 is 40.1. The van der Waals surface area contributed by atoms with Crippen molar-refractivity contribution in [3.63, 3.8) is 0 Å². The molecule has 2 aromatic carbocycles. The van der Waals surface area contributed by atoms with Crippen LogP contribution in [0.25, 0.3) is 11.1 Å². The Morgan fingerprint density at radius 3 is 2.06 bits per heavy atom. The third-order valence-corrected chi connectivity index (χ3v) is 2.88. The topological polar surface area (TPSA) is 0 Å². The minimum atomic E-state index is -0.908. The summed E-state index contributed by atoms with van der Waals surface area (Å²) in [6, 6.07) is 6.60. The fourth-order valence-electron chi connectivity index (χ4n) is 1.82. The number of rotatable bonds is 1. The molecule has 2 aromatic rings. The van der Waals surface area contributed by atoms with E-state index in [2.05, 4.69) is 0 Å². The molecule has 88 valence electrons. The largest absolute Gasteiger partial charge is 0.207 e. The summed E-state index contributed by atoms with van der Waals surface area (Å²) in [5, 5.41) is 0. The molecule has 0 saturated heterocycles. The zero-order chi connectivity index (χ0) is 12.6. The van der Waals surface area contributed by atoms with Gasteiger partial charge >= 0.3 is 0 Å². The molecule has 2 rings (SSSR count). The van der Waals surface area contributed by atoms with Gasteiger partial charge in [0.15, 0.2) is 0 Å². The third kappa shape index (κ3) is 2.05. The van der Waals surface area contributed by atoms with Crippen LogP contribution >= 0.6 is 0 Å². The number of hydrogen-bond donors (Lipinski definition) is 0. The van der Waals surface area contributed by atoms with Crippen LogP contribution in [0.2, 0.25) is 0 Å². The Kier molecular flexibility index (Phi) is 2.92. The van der Waals surface area contributed by atoms with E-state index in [0.717, 1.165) is 11.1 Å². The molecule has 0 heterocycles. The van der Waals surface area contributed by atoms with Crippen LogP contribution < -0.4 is 0 Å². The van der Waals surface area contributed by atoms with Crippen molar-refractivity contribution in [3.8, 4) is 11.1 Å². The number of benzene rings is 2. The smallest absolute Gasteiger partial charge is 0.136 e. The number of hydrogen-bond acceptors (Lipinski definition) is 0. The van der Waals surface area contributed by atoms with Gasteiger partial charge in [-0.15, -0.1) is 0 Å². The molecule has 0 aliphatic carbocycles. The molecule has 0 fully saturated rings. The van der Waals surface area contributed by atoms with Crippen LogP contribution in [0.4, 0.5) is 13.2 Å². The molecule has 0 nitrogen and oxygen atoms in total. The SMILES string of the molecule is Cc1cccc(-c2c(F)cc(F)cc2F)c1C. The average Bonchev–Trinajstić information content (AvgIpc) is 2.23. The monoisotopic (exact) mass is 236 g/mol. The minimum Gasteiger partial charge on any atom is -0.207 e. The molecule has 0 unspecified atom stereocenters. The van der Waals surface area contributed by atoms with E-state index >= 15 is 0 Å². The van der Waals surface area contributed by atoms with Crippen molar-refractivity contribution in [2.45, 2.75) is 13.8 Å². The molecule has 0 aromatic heterocycles. The maximum absolute atomic E-state index is 13.6. The summed E-state index contributed by atoms with van der Waals surface area (Å²) in [7, 11) is 0. The standard InChI is InChI=1S/C14H11F3/c1-8-4-3-5-11(9(8)2)14-12(16)6-10(15)7-13(14)17/h3-7H,1-2H3. The van der Waals surface area contributed by atoms with Crippen LogP contribution in [0.5, 0.6) is 0 Å². The van der Waals surface area contributed by atoms with Crippen LogP contribution in [0.15, 0.2) is 30.3 Å². The van der Waals surface area contributed by atoms with Gasteiger partial charge in [0.1, 0.15) is 17.5 Å². The quantitative estimate of drug-likeness (QED) is 0.689. The van der Waals surface area contributed by atoms with E-state index < -0.39 is 17.5 Å². The summed E-state index contributed by atoms with van der Waals surface area (Å²) >= 11 is 0. The highest BCUT2D eigenvalue weighted by Gasteiger charge is 2.15. The number of halogens is 3. The van der Waals surface area contributed by atoms with Crippen molar-refractivity contribution < 1.29 is 13.2 Å². The molecular weight excluding hydrogens is 225 g/mol. The van der Waals surface area contributed by atoms with Gasteiger partial charge in [-0.25, -0.2) is 13.2 Å². The summed E-state index contributed by atoms with van der Waals surface area (Å²) in [4.78, 5) is 0. The van der Waals surface area contributed by atoms with Crippen molar-refractivity contribution in [2.24, 2.45) is 0 Å². The second-order valence-corrected chi connectivity index (χ2v) is 3.99. The third-order valence-electron chi connectivity index (χ3n) is 2.88. The molecule has 0 N–H and O–H groups in total. The van der Waals surface area contributed by atoms with Gasteiger partial charge in [0.2, 0.25) is 0 Å². The second kappa shape index (κ2) is 4.24. The molecular formula is C14H11F3. The molecule has 0 saturated carbocycles. The van der Waals surface area contributed by atoms with Gasteiger partial charge in [0.05, 0.1) is 5.56 Å². The molecule has 0 aliphatic heterocycles. The Morgan fingerprint density at radius 1 is 0.882 bits per heavy atom. The van der Waals surface area contributed by atoms with E-state index in [4.69, 9.17) is 0 Å². The van der Waals surface area contributed by atoms with Gasteiger partial charge in [-0.3, -0.25) is 0 Å². The molecule has 0 amide bonds. The van der Waals surface area contributed by atoms with E-state index in [1.807, 2.05) is 13.0 Å². The predicted molar refractivity (Wildman–Crippen MR) is 61.2 cm³/mol. The average molecular weight is 236 g/mol. The Labute approximate surface area is 97.7 Å². The lowest BCUT2D eigenvalue weighted by Crippen LogP contribution is -1.95. The fraction of sp³-hybridized carbons (Fsp3) is 0.143. The zero-order valence-corrected chi connectivity index (χ0v) is 9.52. The number of aryl methyl sites for hydroxylation is 1. The van der Waals surface area contributed by atoms with Crippen LogP contribution in [0.3, 0.4) is 0 Å². The lowest BCUT2D eigenvalue weighted by molar-refractivity contribution is 0.548. The van der Waals surface area contributed by atoms with Crippen molar-refractivity contribution in [2.75, 3.05) is 0 Å². The fourth-order valence-corrected chi connectivity index (χ4v) is 1.82. The Bertz CT molecular complexity index is 551. The molecule has 0 aliphatic rings. The molecule has 0 atom stereocenters. The van der Waals surface area contributed by atoms with Gasteiger partial charge < -0.3 is 0 Å². The van der Waals surface area contributed by atoms with E-state index in [0.29, 0.717) is 17.7 Å². The Morgan fingerprint density at radius 2 is 1.47 bits per heavy atom. The summed E-state index contributed by atoms with van der Waals surface area (Å²) in [5.74, 6) is -2.67. The minimum absolute atomic E-state index is 0.174. The van der Waals surface area contributed by atoms with Crippen LogP contribution in [0, 0.1) is 31.3 Å². The van der Waals surface area contributed by atoms with E-state index in [9.17, 15) is 13.2 Å². The highest BCUT2D eigenvalue weighted by molar-refractivity contribution is 5.69. The van der Waals surface area contributed by atoms with Crippen molar-refractivity contribution in [1.82, 2.24) is 0 Å². The van der Waals surface area contributed by atoms with Gasteiger partial charge in [0.25, 0.3) is 0 Å². The van der Waals surface area contributed by atoms with Crippen LogP contribution in [0.1, 0.15) is 11.1 Å². The Balaban J connectivity index is 2.73. The van der Waals surface area contributed by atoms with Crippen molar-refractivity contribution in [1.29, 1.82) is 0 Å². The molecule has 0 bridgehead atoms. The lowest BCUT2D eigenvalue weighted by atomic mass is 9.96. The zero-order valence-electron chi connectivity index (χ0n) is 9.52. The van der Waals surface area contributed by atoms with Crippen LogP contribution in [-0.4, -0.2) is 0 Å². The van der Waals surface area contributed by atoms with Crippen molar-refractivity contribution >= 4 is 0 Å². The predicted octanol–water partition coefficient (Wildman–Crippen LogP) is 4.39. The van der Waals surface area contributed by atoms with E-state index in [1.165, 1.54) is 0 Å². The van der Waals surface area contributed by atoms with Gasteiger partial charge in [0, 0.05) is 12.1 Å². The first-order valence-corrected chi connectivity index (χ1v) is 5.22. The van der Waals surface area contributed by atoms with Crippen molar-refractivity contribution in [3.05, 3.63) is 58.9 Å². The molecule has 0 radical (unpaired) electrons. The molecule has 17 heavy (non-hydrogen) atoms. The van der Waals surface area contributed by atoms with E-state index in [1.54, 1.807) is 19.1 Å². The summed E-state index contributed by atoms with van der Waals surface area (Å²) in [5.41, 5.74) is 2.01. The first-order valence-electron chi connectivity index (χ1n) is 5.22.